The van der Waals surface area contributed by atoms with Crippen molar-refractivity contribution in [3.63, 3.8) is 0 Å². The van der Waals surface area contributed by atoms with E-state index in [0.29, 0.717) is 11.1 Å². The van der Waals surface area contributed by atoms with Crippen LogP contribution >= 0.6 is 0 Å². The predicted octanol–water partition coefficient (Wildman–Crippen LogP) is 7.67. The van der Waals surface area contributed by atoms with Crippen LogP contribution in [0.3, 0.4) is 0 Å². The number of aliphatic carboxylic acids is 2. The highest BCUT2D eigenvalue weighted by atomic mass is 32.2. The molecular formula is C48H60O12S2. The molecule has 14 heteroatoms. The van der Waals surface area contributed by atoms with Crippen molar-refractivity contribution >= 4 is 57.8 Å². The van der Waals surface area contributed by atoms with E-state index in [9.17, 15) is 37.9 Å². The van der Waals surface area contributed by atoms with Gasteiger partial charge in [0.15, 0.2) is 23.8 Å². The Morgan fingerprint density at radius 2 is 0.887 bits per heavy atom. The molecule has 2 aliphatic carbocycles. The molecular weight excluding hydrogens is 833 g/mol. The summed E-state index contributed by atoms with van der Waals surface area (Å²) in [6.07, 6.45) is 25.7. The van der Waals surface area contributed by atoms with Crippen molar-refractivity contribution in [1.82, 2.24) is 0 Å². The maximum atomic E-state index is 13.1. The lowest BCUT2D eigenvalue weighted by molar-refractivity contribution is -0.153. The molecule has 336 valence electrons. The van der Waals surface area contributed by atoms with Crippen LogP contribution in [0, 0.1) is 10.8 Å². The SMILES string of the molecule is CC1=C(/C=C/C(C)=C/C=C/C(C)=C/C=C/C=C(C)/C=C/C=C(C)/C=C/C2=C(C)C(=O)C(OC(=O)C[S+]([O-])CC(=O)O)CC2(C)C)C(C)(C)CC(OC(=O)C[S+]([O-])CC(=O)O)C1=O. The Hall–Kier alpha value is -5.02. The van der Waals surface area contributed by atoms with Crippen molar-refractivity contribution in [2.45, 2.75) is 94.3 Å². The number of carbonyl (C=O) groups is 6. The van der Waals surface area contributed by atoms with E-state index in [1.807, 2.05) is 140 Å². The van der Waals surface area contributed by atoms with Crippen molar-refractivity contribution in [2.75, 3.05) is 23.0 Å². The number of esters is 2. The third-order valence-electron chi connectivity index (χ3n) is 9.95. The highest BCUT2D eigenvalue weighted by molar-refractivity contribution is 7.93. The van der Waals surface area contributed by atoms with Crippen molar-refractivity contribution in [1.29, 1.82) is 0 Å². The van der Waals surface area contributed by atoms with Crippen LogP contribution in [0.2, 0.25) is 0 Å². The normalized spacial score (nSPS) is 21.5. The molecule has 2 aliphatic rings. The number of carbonyl (C=O) groups excluding carboxylic acids is 4. The van der Waals surface area contributed by atoms with Gasteiger partial charge in [0, 0.05) is 12.8 Å². The van der Waals surface area contributed by atoms with Crippen LogP contribution in [0.4, 0.5) is 0 Å². The summed E-state index contributed by atoms with van der Waals surface area (Å²) in [5.41, 5.74) is 5.56. The highest BCUT2D eigenvalue weighted by Gasteiger charge is 2.41. The molecule has 0 aromatic rings. The molecule has 2 N–H and O–H groups in total. The van der Waals surface area contributed by atoms with Gasteiger partial charge in [-0.15, -0.1) is 0 Å². The number of hydrogen-bond acceptors (Lipinski definition) is 10. The molecule has 12 nitrogen and oxygen atoms in total. The molecule has 0 aromatic carbocycles. The summed E-state index contributed by atoms with van der Waals surface area (Å²) >= 11 is -3.84. The molecule has 0 bridgehead atoms. The molecule has 0 aliphatic heterocycles. The van der Waals surface area contributed by atoms with Gasteiger partial charge in [-0.25, -0.2) is 19.2 Å². The second-order valence-corrected chi connectivity index (χ2v) is 19.5. The van der Waals surface area contributed by atoms with Gasteiger partial charge in [0.05, 0.1) is 0 Å². The minimum absolute atomic E-state index is 0.240. The Morgan fingerprint density at radius 1 is 0.581 bits per heavy atom. The Balaban J connectivity index is 1.97. The van der Waals surface area contributed by atoms with Crippen LogP contribution in [0.5, 0.6) is 0 Å². The smallest absolute Gasteiger partial charge is 0.357 e. The molecule has 62 heavy (non-hydrogen) atoms. The number of carboxylic acid groups (broad SMARTS) is 2. The first kappa shape index (κ1) is 53.1. The van der Waals surface area contributed by atoms with Gasteiger partial charge in [-0.1, -0.05) is 135 Å². The van der Waals surface area contributed by atoms with E-state index in [4.69, 9.17) is 19.7 Å². The average Bonchev–Trinajstić information content (AvgIpc) is 3.13. The monoisotopic (exact) mass is 892 g/mol. The van der Waals surface area contributed by atoms with Crippen molar-refractivity contribution in [2.24, 2.45) is 10.8 Å². The van der Waals surface area contributed by atoms with Gasteiger partial charge in [0.1, 0.15) is 0 Å². The van der Waals surface area contributed by atoms with E-state index in [-0.39, 0.29) is 24.4 Å². The maximum absolute atomic E-state index is 13.1. The molecule has 0 saturated carbocycles. The highest BCUT2D eigenvalue weighted by Crippen LogP contribution is 2.42. The van der Waals surface area contributed by atoms with E-state index in [1.165, 1.54) is 0 Å². The number of allylic oxidation sites excluding steroid dienone is 20. The molecule has 0 saturated heterocycles. The van der Waals surface area contributed by atoms with Gasteiger partial charge in [-0.3, -0.25) is 9.59 Å². The molecule has 0 heterocycles. The lowest BCUT2D eigenvalue weighted by atomic mass is 9.71. The summed E-state index contributed by atoms with van der Waals surface area (Å²) in [6.45, 7) is 19.1. The summed E-state index contributed by atoms with van der Waals surface area (Å²) in [6, 6.07) is 0. The van der Waals surface area contributed by atoms with Crippen LogP contribution in [-0.4, -0.2) is 90.0 Å². The Bertz CT molecular complexity index is 1930. The zero-order chi connectivity index (χ0) is 46.9. The number of carboxylic acids is 2. The second kappa shape index (κ2) is 24.6. The summed E-state index contributed by atoms with van der Waals surface area (Å²) in [5, 5.41) is 17.5. The summed E-state index contributed by atoms with van der Waals surface area (Å²) in [7, 11) is 0. The fourth-order valence-corrected chi connectivity index (χ4v) is 8.20. The molecule has 0 aromatic heterocycles. The third kappa shape index (κ3) is 18.1. The van der Waals surface area contributed by atoms with Crippen molar-refractivity contribution in [3.8, 4) is 0 Å². The fraction of sp³-hybridized carbons (Fsp3) is 0.417. The molecule has 0 fully saturated rings. The van der Waals surface area contributed by atoms with Gasteiger partial charge in [-0.2, -0.15) is 0 Å². The third-order valence-corrected chi connectivity index (χ3v) is 12.2. The second-order valence-electron chi connectivity index (χ2n) is 16.6. The number of rotatable bonds is 20. The van der Waals surface area contributed by atoms with Crippen LogP contribution in [0.1, 0.15) is 82.1 Å². The molecule has 0 amide bonds. The maximum Gasteiger partial charge on any atom is 0.357 e. The van der Waals surface area contributed by atoms with E-state index >= 15 is 0 Å². The fourth-order valence-electron chi connectivity index (χ4n) is 6.78. The zero-order valence-electron chi connectivity index (χ0n) is 37.3. The Labute approximate surface area is 371 Å². The van der Waals surface area contributed by atoms with E-state index in [2.05, 4.69) is 0 Å². The lowest BCUT2D eigenvalue weighted by Crippen LogP contribution is -2.40. The Kier molecular flexibility index (Phi) is 21.1. The molecule has 0 radical (unpaired) electrons. The van der Waals surface area contributed by atoms with Crippen LogP contribution < -0.4 is 0 Å². The summed E-state index contributed by atoms with van der Waals surface area (Å²) in [4.78, 5) is 72.1. The van der Waals surface area contributed by atoms with Crippen LogP contribution in [-0.2, 0) is 60.6 Å². The molecule has 0 spiro atoms. The average molecular weight is 893 g/mol. The number of Topliss-reactive ketones (excluding diaryl/α,β-unsaturated/α-hetero) is 2. The van der Waals surface area contributed by atoms with Gasteiger partial charge in [0.25, 0.3) is 0 Å². The first-order chi connectivity index (χ1) is 28.8. The van der Waals surface area contributed by atoms with Crippen molar-refractivity contribution < 1.29 is 57.6 Å². The minimum Gasteiger partial charge on any atom is -0.615 e. The summed E-state index contributed by atoms with van der Waals surface area (Å²) < 4.78 is 34.3. The van der Waals surface area contributed by atoms with Crippen molar-refractivity contribution in [3.05, 3.63) is 130 Å². The number of hydrogen-bond donors (Lipinski definition) is 2. The van der Waals surface area contributed by atoms with Gasteiger partial charge in [-0.05, 0) is 97.0 Å². The first-order valence-electron chi connectivity index (χ1n) is 19.9. The molecule has 2 rings (SSSR count). The van der Waals surface area contributed by atoms with Crippen LogP contribution in [0.25, 0.3) is 0 Å². The number of ketones is 2. The largest absolute Gasteiger partial charge is 0.615 e. The van der Waals surface area contributed by atoms with Gasteiger partial charge >= 0.3 is 23.9 Å². The first-order valence-corrected chi connectivity index (χ1v) is 22.9. The van der Waals surface area contributed by atoms with Crippen LogP contribution in [0.15, 0.2) is 130 Å². The topological polar surface area (TPSA) is 207 Å². The zero-order valence-corrected chi connectivity index (χ0v) is 38.9. The van der Waals surface area contributed by atoms with E-state index in [1.54, 1.807) is 13.8 Å². The van der Waals surface area contributed by atoms with E-state index in [0.717, 1.165) is 33.4 Å². The minimum atomic E-state index is -1.92. The van der Waals surface area contributed by atoms with E-state index < -0.39 is 92.3 Å². The standard InChI is InChI=1S/C48H60O12S2/c1-31(17-13-19-33(3)21-23-37-35(5)45(55)39(25-47(37,7)8)59-43(53)29-61(57)27-41(49)50)15-11-12-16-32(2)18-14-20-34(4)22-24-38-36(6)46(56)40(26-48(38,9)10)60-44(54)30-62(58)28-42(51)52/h11-24,39-40H,25-30H2,1-10H3,(H,49,50)(H,51,52)/b12-11+,17-13+,18-14+,23-21+,24-22+,31-15+,32-16+,33-19+,34-20+. The van der Waals surface area contributed by atoms with Gasteiger partial charge < -0.3 is 28.8 Å². The molecule has 4 atom stereocenters. The summed E-state index contributed by atoms with van der Waals surface area (Å²) in [5.74, 6) is -7.47. The van der Waals surface area contributed by atoms with Gasteiger partial charge in [0.2, 0.25) is 23.0 Å². The Morgan fingerprint density at radius 3 is 1.21 bits per heavy atom. The predicted molar refractivity (Wildman–Crippen MR) is 244 cm³/mol. The lowest BCUT2D eigenvalue weighted by Gasteiger charge is -2.36. The molecule has 4 unspecified atom stereocenters. The quantitative estimate of drug-likeness (QED) is 0.0686. The number of ether oxygens (including phenoxy) is 2.